The van der Waals surface area contributed by atoms with Gasteiger partial charge in [-0.1, -0.05) is 6.92 Å². The second-order valence-electron chi connectivity index (χ2n) is 3.44. The monoisotopic (exact) mass is 208 g/mol. The third-order valence-electron chi connectivity index (χ3n) is 1.88. The van der Waals surface area contributed by atoms with Crippen molar-refractivity contribution < 1.29 is 9.53 Å². The summed E-state index contributed by atoms with van der Waals surface area (Å²) in [4.78, 5) is 17.4. The Morgan fingerprint density at radius 3 is 2.67 bits per heavy atom. The summed E-state index contributed by atoms with van der Waals surface area (Å²) in [6.07, 6.45) is 2.36. The molecular weight excluding hydrogens is 192 g/mol. The van der Waals surface area contributed by atoms with E-state index in [1.165, 1.54) is 6.20 Å². The molecule has 0 saturated heterocycles. The molecule has 0 spiro atoms. The quantitative estimate of drug-likeness (QED) is 0.706. The van der Waals surface area contributed by atoms with Gasteiger partial charge in [0, 0.05) is 20.3 Å². The molecule has 15 heavy (non-hydrogen) atoms. The molecule has 1 aromatic heterocycles. The molecule has 1 aromatic rings. The van der Waals surface area contributed by atoms with Crippen LogP contribution in [0.5, 0.6) is 0 Å². The number of anilines is 1. The van der Waals surface area contributed by atoms with Crippen LogP contribution in [0, 0.1) is 0 Å². The second kappa shape index (κ2) is 5.34. The highest BCUT2D eigenvalue weighted by atomic mass is 16.5. The maximum Gasteiger partial charge on any atom is 0.339 e. The average Bonchev–Trinajstić information content (AvgIpc) is 2.26. The summed E-state index contributed by atoms with van der Waals surface area (Å²) in [5.74, 6) is 0.511. The first-order chi connectivity index (χ1) is 7.15. The molecule has 4 heteroatoms. The van der Waals surface area contributed by atoms with E-state index >= 15 is 0 Å². The summed E-state index contributed by atoms with van der Waals surface area (Å²) in [5.41, 5.74) is 0.494. The Hall–Kier alpha value is -1.58. The minimum absolute atomic E-state index is 0.311. The zero-order chi connectivity index (χ0) is 11.3. The Labute approximate surface area is 89.9 Å². The van der Waals surface area contributed by atoms with Crippen LogP contribution >= 0.6 is 0 Å². The Balaban J connectivity index is 2.67. The molecule has 0 aromatic carbocycles. The van der Waals surface area contributed by atoms with E-state index in [0.29, 0.717) is 12.2 Å². The van der Waals surface area contributed by atoms with Crippen molar-refractivity contribution in [3.63, 3.8) is 0 Å². The van der Waals surface area contributed by atoms with Crippen LogP contribution in [0.3, 0.4) is 0 Å². The predicted octanol–water partition coefficient (Wildman–Crippen LogP) is 1.71. The standard InChI is InChI=1S/C11H16N2O2/c1-4-7-15-11(14)9-5-6-10(12-8-9)13(2)3/h5-6,8H,4,7H2,1-3H3. The normalized spacial score (nSPS) is 9.80. The molecule has 1 heterocycles. The van der Waals surface area contributed by atoms with Gasteiger partial charge in [-0.25, -0.2) is 9.78 Å². The van der Waals surface area contributed by atoms with Gasteiger partial charge in [-0.3, -0.25) is 0 Å². The maximum absolute atomic E-state index is 11.4. The molecule has 0 aliphatic rings. The van der Waals surface area contributed by atoms with Crippen LogP contribution in [0.25, 0.3) is 0 Å². The number of aromatic nitrogens is 1. The van der Waals surface area contributed by atoms with Crippen molar-refractivity contribution in [1.82, 2.24) is 4.98 Å². The first-order valence-corrected chi connectivity index (χ1v) is 4.95. The molecule has 0 saturated carbocycles. The number of ether oxygens (including phenoxy) is 1. The van der Waals surface area contributed by atoms with Gasteiger partial charge < -0.3 is 9.64 Å². The molecule has 82 valence electrons. The van der Waals surface area contributed by atoms with Crippen molar-refractivity contribution in [2.45, 2.75) is 13.3 Å². The molecule has 0 amide bonds. The topological polar surface area (TPSA) is 42.4 Å². The van der Waals surface area contributed by atoms with Crippen molar-refractivity contribution in [3.05, 3.63) is 23.9 Å². The van der Waals surface area contributed by atoms with Crippen LogP contribution in [-0.4, -0.2) is 31.7 Å². The first kappa shape index (κ1) is 11.5. The highest BCUT2D eigenvalue weighted by Gasteiger charge is 2.07. The molecule has 0 fully saturated rings. The zero-order valence-corrected chi connectivity index (χ0v) is 9.36. The molecule has 0 bridgehead atoms. The lowest BCUT2D eigenvalue weighted by atomic mass is 10.3. The SMILES string of the molecule is CCCOC(=O)c1ccc(N(C)C)nc1. The summed E-state index contributed by atoms with van der Waals surface area (Å²) in [7, 11) is 3.80. The van der Waals surface area contributed by atoms with E-state index in [-0.39, 0.29) is 5.97 Å². The average molecular weight is 208 g/mol. The van der Waals surface area contributed by atoms with Gasteiger partial charge >= 0.3 is 5.97 Å². The van der Waals surface area contributed by atoms with Crippen LogP contribution in [0.15, 0.2) is 18.3 Å². The minimum atomic E-state index is -0.311. The van der Waals surface area contributed by atoms with Gasteiger partial charge in [-0.15, -0.1) is 0 Å². The lowest BCUT2D eigenvalue weighted by Gasteiger charge is -2.10. The number of hydrogen-bond donors (Lipinski definition) is 0. The van der Waals surface area contributed by atoms with E-state index in [9.17, 15) is 4.79 Å². The highest BCUT2D eigenvalue weighted by Crippen LogP contribution is 2.08. The third kappa shape index (κ3) is 3.23. The summed E-state index contributed by atoms with van der Waals surface area (Å²) < 4.78 is 4.99. The summed E-state index contributed by atoms with van der Waals surface area (Å²) in [6, 6.07) is 3.52. The first-order valence-electron chi connectivity index (χ1n) is 4.95. The molecule has 0 unspecified atom stereocenters. The molecule has 4 nitrogen and oxygen atoms in total. The molecule has 0 aliphatic carbocycles. The summed E-state index contributed by atoms with van der Waals surface area (Å²) in [5, 5.41) is 0. The Morgan fingerprint density at radius 2 is 2.20 bits per heavy atom. The molecule has 0 N–H and O–H groups in total. The van der Waals surface area contributed by atoms with Gasteiger partial charge in [-0.2, -0.15) is 0 Å². The van der Waals surface area contributed by atoms with Gasteiger partial charge in [0.15, 0.2) is 0 Å². The number of pyridine rings is 1. The number of nitrogens with zero attached hydrogens (tertiary/aromatic N) is 2. The van der Waals surface area contributed by atoms with E-state index in [0.717, 1.165) is 12.2 Å². The van der Waals surface area contributed by atoms with Crippen LogP contribution < -0.4 is 4.90 Å². The Bertz CT molecular complexity index is 320. The van der Waals surface area contributed by atoms with Gasteiger partial charge in [0.05, 0.1) is 12.2 Å². The number of carbonyl (C=O) groups excluding carboxylic acids is 1. The molecule has 0 atom stereocenters. The van der Waals surface area contributed by atoms with Gasteiger partial charge in [0.25, 0.3) is 0 Å². The van der Waals surface area contributed by atoms with E-state index in [4.69, 9.17) is 4.74 Å². The van der Waals surface area contributed by atoms with Crippen molar-refractivity contribution in [1.29, 1.82) is 0 Å². The molecule has 1 rings (SSSR count). The molecular formula is C11H16N2O2. The third-order valence-corrected chi connectivity index (χ3v) is 1.88. The predicted molar refractivity (Wildman–Crippen MR) is 59.1 cm³/mol. The summed E-state index contributed by atoms with van der Waals surface area (Å²) in [6.45, 7) is 2.41. The van der Waals surface area contributed by atoms with Crippen LogP contribution in [0.1, 0.15) is 23.7 Å². The van der Waals surface area contributed by atoms with E-state index in [1.54, 1.807) is 12.1 Å². The zero-order valence-electron chi connectivity index (χ0n) is 9.36. The Morgan fingerprint density at radius 1 is 1.47 bits per heavy atom. The van der Waals surface area contributed by atoms with E-state index < -0.39 is 0 Å². The summed E-state index contributed by atoms with van der Waals surface area (Å²) >= 11 is 0. The number of carbonyl (C=O) groups is 1. The minimum Gasteiger partial charge on any atom is -0.462 e. The highest BCUT2D eigenvalue weighted by molar-refractivity contribution is 5.89. The van der Waals surface area contributed by atoms with Crippen LogP contribution in [0.4, 0.5) is 5.82 Å². The largest absolute Gasteiger partial charge is 0.462 e. The van der Waals surface area contributed by atoms with E-state index in [1.807, 2.05) is 25.9 Å². The fraction of sp³-hybridized carbons (Fsp3) is 0.455. The number of hydrogen-bond acceptors (Lipinski definition) is 4. The number of rotatable bonds is 4. The van der Waals surface area contributed by atoms with Gasteiger partial charge in [0.1, 0.15) is 5.82 Å². The van der Waals surface area contributed by atoms with Gasteiger partial charge in [-0.05, 0) is 18.6 Å². The van der Waals surface area contributed by atoms with Crippen LogP contribution in [-0.2, 0) is 4.74 Å². The lowest BCUT2D eigenvalue weighted by Crippen LogP contribution is -2.12. The molecule has 0 radical (unpaired) electrons. The second-order valence-corrected chi connectivity index (χ2v) is 3.44. The number of esters is 1. The smallest absolute Gasteiger partial charge is 0.339 e. The van der Waals surface area contributed by atoms with E-state index in [2.05, 4.69) is 4.98 Å². The fourth-order valence-electron chi connectivity index (χ4n) is 1.05. The van der Waals surface area contributed by atoms with Crippen molar-refractivity contribution in [2.75, 3.05) is 25.6 Å². The maximum atomic E-state index is 11.4. The molecule has 0 aliphatic heterocycles. The van der Waals surface area contributed by atoms with Crippen molar-refractivity contribution >= 4 is 11.8 Å². The van der Waals surface area contributed by atoms with Crippen molar-refractivity contribution in [2.24, 2.45) is 0 Å². The van der Waals surface area contributed by atoms with Crippen molar-refractivity contribution in [3.8, 4) is 0 Å². The lowest BCUT2D eigenvalue weighted by molar-refractivity contribution is 0.0504. The Kier molecular flexibility index (Phi) is 4.09. The fourth-order valence-corrected chi connectivity index (χ4v) is 1.05. The van der Waals surface area contributed by atoms with Gasteiger partial charge in [0.2, 0.25) is 0 Å². The van der Waals surface area contributed by atoms with Crippen LogP contribution in [0.2, 0.25) is 0 Å².